The highest BCUT2D eigenvalue weighted by Gasteiger charge is 2.06. The predicted molar refractivity (Wildman–Crippen MR) is 56.0 cm³/mol. The first-order chi connectivity index (χ1) is 5.75. The first-order valence-corrected chi connectivity index (χ1v) is 4.73. The Labute approximate surface area is 82.1 Å². The van der Waals surface area contributed by atoms with E-state index in [4.69, 9.17) is 6.42 Å². The van der Waals surface area contributed by atoms with E-state index in [0.717, 1.165) is 10.9 Å². The molecule has 1 unspecified atom stereocenters. The second-order valence-electron chi connectivity index (χ2n) is 2.83. The van der Waals surface area contributed by atoms with Gasteiger partial charge in [-0.1, -0.05) is 41.1 Å². The molecule has 0 fully saturated rings. The van der Waals surface area contributed by atoms with Gasteiger partial charge >= 0.3 is 0 Å². The monoisotopic (exact) mass is 222 g/mol. The third-order valence-electron chi connectivity index (χ3n) is 1.86. The van der Waals surface area contributed by atoms with Gasteiger partial charge in [-0.15, -0.1) is 12.3 Å². The zero-order valence-corrected chi connectivity index (χ0v) is 8.64. The molecule has 1 atom stereocenters. The molecule has 0 amide bonds. The van der Waals surface area contributed by atoms with Crippen LogP contribution in [0.5, 0.6) is 0 Å². The average Bonchev–Trinajstić information content (AvgIpc) is 2.05. The maximum Gasteiger partial charge on any atom is 0.0210 e. The molecule has 0 N–H and O–H groups in total. The van der Waals surface area contributed by atoms with Gasteiger partial charge in [0.2, 0.25) is 0 Å². The van der Waals surface area contributed by atoms with Crippen LogP contribution in [0, 0.1) is 12.3 Å². The molecule has 1 aromatic carbocycles. The highest BCUT2D eigenvalue weighted by Crippen LogP contribution is 2.26. The average molecular weight is 223 g/mol. The minimum atomic E-state index is 0.436. The summed E-state index contributed by atoms with van der Waals surface area (Å²) in [6.07, 6.45) is 6.05. The summed E-state index contributed by atoms with van der Waals surface area (Å²) in [4.78, 5) is 0. The molecule has 0 spiro atoms. The van der Waals surface area contributed by atoms with Crippen LogP contribution in [0.4, 0.5) is 0 Å². The van der Waals surface area contributed by atoms with Gasteiger partial charge in [-0.25, -0.2) is 0 Å². The molecule has 0 aliphatic carbocycles. The van der Waals surface area contributed by atoms with Crippen molar-refractivity contribution in [3.63, 3.8) is 0 Å². The predicted octanol–water partition coefficient (Wildman–Crippen LogP) is 3.58. The Morgan fingerprint density at radius 3 is 2.75 bits per heavy atom. The summed E-state index contributed by atoms with van der Waals surface area (Å²) in [5.74, 6) is 3.11. The number of terminal acetylenes is 1. The van der Waals surface area contributed by atoms with Crippen molar-refractivity contribution in [3.05, 3.63) is 34.3 Å². The Balaban J connectivity index is 2.88. The minimum Gasteiger partial charge on any atom is -0.120 e. The Hall–Kier alpha value is -0.740. The highest BCUT2D eigenvalue weighted by atomic mass is 79.9. The quantitative estimate of drug-likeness (QED) is 0.672. The fourth-order valence-electron chi connectivity index (χ4n) is 1.16. The van der Waals surface area contributed by atoms with E-state index in [2.05, 4.69) is 34.8 Å². The molecule has 0 saturated carbocycles. The van der Waals surface area contributed by atoms with E-state index < -0.39 is 0 Å². The summed E-state index contributed by atoms with van der Waals surface area (Å²) in [5, 5.41) is 0. The summed E-state index contributed by atoms with van der Waals surface area (Å²) in [5.41, 5.74) is 1.29. The molecule has 1 aromatic rings. The van der Waals surface area contributed by atoms with Crippen LogP contribution in [0.2, 0.25) is 0 Å². The number of hydrogen-bond donors (Lipinski definition) is 0. The van der Waals surface area contributed by atoms with Crippen LogP contribution >= 0.6 is 15.9 Å². The highest BCUT2D eigenvalue weighted by molar-refractivity contribution is 9.10. The van der Waals surface area contributed by atoms with Crippen molar-refractivity contribution in [2.24, 2.45) is 0 Å². The van der Waals surface area contributed by atoms with Crippen molar-refractivity contribution in [3.8, 4) is 12.3 Å². The lowest BCUT2D eigenvalue weighted by atomic mass is 9.98. The van der Waals surface area contributed by atoms with Crippen LogP contribution in [0.15, 0.2) is 28.7 Å². The minimum absolute atomic E-state index is 0.436. The fourth-order valence-corrected chi connectivity index (χ4v) is 1.84. The van der Waals surface area contributed by atoms with Crippen molar-refractivity contribution in [2.75, 3.05) is 0 Å². The lowest BCUT2D eigenvalue weighted by Gasteiger charge is -2.09. The van der Waals surface area contributed by atoms with E-state index in [1.54, 1.807) is 0 Å². The number of rotatable bonds is 2. The summed E-state index contributed by atoms with van der Waals surface area (Å²) in [6, 6.07) is 8.19. The van der Waals surface area contributed by atoms with Gasteiger partial charge in [-0.05, 0) is 17.5 Å². The molecule has 0 aromatic heterocycles. The molecule has 0 bridgehead atoms. The maximum atomic E-state index is 5.25. The normalized spacial score (nSPS) is 12.1. The molecular weight excluding hydrogens is 212 g/mol. The smallest absolute Gasteiger partial charge is 0.0210 e. The van der Waals surface area contributed by atoms with Gasteiger partial charge in [0.15, 0.2) is 0 Å². The van der Waals surface area contributed by atoms with Gasteiger partial charge in [-0.3, -0.25) is 0 Å². The fraction of sp³-hybridized carbons (Fsp3) is 0.273. The Morgan fingerprint density at radius 2 is 2.17 bits per heavy atom. The maximum absolute atomic E-state index is 5.25. The van der Waals surface area contributed by atoms with Crippen LogP contribution in [0.25, 0.3) is 0 Å². The molecule has 0 heterocycles. The lowest BCUT2D eigenvalue weighted by molar-refractivity contribution is 0.792. The number of halogens is 1. The molecule has 0 nitrogen and oxygen atoms in total. The summed E-state index contributed by atoms with van der Waals surface area (Å²) < 4.78 is 1.15. The van der Waals surface area contributed by atoms with E-state index in [1.807, 2.05) is 18.2 Å². The van der Waals surface area contributed by atoms with Gasteiger partial charge in [-0.2, -0.15) is 0 Å². The van der Waals surface area contributed by atoms with Gasteiger partial charge in [0.1, 0.15) is 0 Å². The zero-order valence-electron chi connectivity index (χ0n) is 7.05. The molecule has 0 saturated heterocycles. The second kappa shape index (κ2) is 4.33. The Morgan fingerprint density at radius 1 is 1.50 bits per heavy atom. The van der Waals surface area contributed by atoms with Crippen molar-refractivity contribution < 1.29 is 0 Å². The summed E-state index contributed by atoms with van der Waals surface area (Å²) >= 11 is 3.50. The molecule has 0 aliphatic rings. The molecule has 1 heteroatoms. The van der Waals surface area contributed by atoms with E-state index in [0.29, 0.717) is 5.92 Å². The van der Waals surface area contributed by atoms with Crippen LogP contribution in [0.1, 0.15) is 24.8 Å². The van der Waals surface area contributed by atoms with Gasteiger partial charge < -0.3 is 0 Å². The number of hydrogen-bond acceptors (Lipinski definition) is 0. The first kappa shape index (κ1) is 9.35. The molecule has 1 rings (SSSR count). The summed E-state index contributed by atoms with van der Waals surface area (Å²) in [6.45, 7) is 2.14. The Kier molecular flexibility index (Phi) is 3.37. The van der Waals surface area contributed by atoms with Crippen LogP contribution in [-0.2, 0) is 0 Å². The third kappa shape index (κ3) is 2.12. The van der Waals surface area contributed by atoms with Crippen LogP contribution < -0.4 is 0 Å². The standard InChI is InChI=1S/C11H11Br/c1-3-6-9(2)10-7-4-5-8-11(10)12/h1,4-5,7-9H,6H2,2H3. The second-order valence-corrected chi connectivity index (χ2v) is 3.69. The molecule has 0 radical (unpaired) electrons. The SMILES string of the molecule is C#CCC(C)c1ccccc1Br. The molecule has 0 aliphatic heterocycles. The van der Waals surface area contributed by atoms with E-state index >= 15 is 0 Å². The van der Waals surface area contributed by atoms with E-state index in [9.17, 15) is 0 Å². The number of benzene rings is 1. The zero-order chi connectivity index (χ0) is 8.97. The van der Waals surface area contributed by atoms with E-state index in [1.165, 1.54) is 5.56 Å². The Bertz CT molecular complexity index is 296. The summed E-state index contributed by atoms with van der Waals surface area (Å²) in [7, 11) is 0. The third-order valence-corrected chi connectivity index (χ3v) is 2.58. The van der Waals surface area contributed by atoms with E-state index in [-0.39, 0.29) is 0 Å². The molecular formula is C11H11Br. The van der Waals surface area contributed by atoms with Crippen molar-refractivity contribution in [1.82, 2.24) is 0 Å². The van der Waals surface area contributed by atoms with Crippen molar-refractivity contribution in [1.29, 1.82) is 0 Å². The first-order valence-electron chi connectivity index (χ1n) is 3.93. The van der Waals surface area contributed by atoms with Crippen molar-refractivity contribution >= 4 is 15.9 Å². The van der Waals surface area contributed by atoms with Crippen molar-refractivity contribution in [2.45, 2.75) is 19.3 Å². The lowest BCUT2D eigenvalue weighted by Crippen LogP contribution is -1.92. The van der Waals surface area contributed by atoms with Gasteiger partial charge in [0.05, 0.1) is 0 Å². The van der Waals surface area contributed by atoms with Gasteiger partial charge in [0, 0.05) is 10.9 Å². The van der Waals surface area contributed by atoms with Crippen LogP contribution in [0.3, 0.4) is 0 Å². The van der Waals surface area contributed by atoms with Gasteiger partial charge in [0.25, 0.3) is 0 Å². The molecule has 62 valence electrons. The molecule has 12 heavy (non-hydrogen) atoms. The van der Waals surface area contributed by atoms with Crippen LogP contribution in [-0.4, -0.2) is 0 Å². The largest absolute Gasteiger partial charge is 0.120 e. The topological polar surface area (TPSA) is 0 Å².